The average molecular weight is 480 g/mol. The Morgan fingerprint density at radius 3 is 2.53 bits per heavy atom. The van der Waals surface area contributed by atoms with Crippen LogP contribution >= 0.6 is 0 Å². The van der Waals surface area contributed by atoms with Crippen molar-refractivity contribution >= 4 is 32.5 Å². The number of fused-ring (bicyclic) bond motifs is 2. The molecule has 1 N–H and O–H groups in total. The highest BCUT2D eigenvalue weighted by Crippen LogP contribution is 2.36. The van der Waals surface area contributed by atoms with Gasteiger partial charge in [-0.15, -0.1) is 0 Å². The van der Waals surface area contributed by atoms with Gasteiger partial charge >= 0.3 is 0 Å². The lowest BCUT2D eigenvalue weighted by Gasteiger charge is -2.33. The fourth-order valence-electron chi connectivity index (χ4n) is 4.65. The first-order valence-corrected chi connectivity index (χ1v) is 11.8. The fourth-order valence-corrected chi connectivity index (χ4v) is 4.65. The molecule has 4 aromatic rings. The molecule has 2 aromatic heterocycles. The number of benzene rings is 2. The molecule has 1 amide bonds. The Morgan fingerprint density at radius 1 is 1.08 bits per heavy atom. The number of aryl methyl sites for hydroxylation is 2. The highest BCUT2D eigenvalue weighted by molar-refractivity contribution is 6.42. The molecule has 5 rings (SSSR count). The summed E-state index contributed by atoms with van der Waals surface area (Å²) in [7, 11) is 15.4. The average Bonchev–Trinajstić information content (AvgIpc) is 3.36. The van der Waals surface area contributed by atoms with Gasteiger partial charge in [0.05, 0.1) is 32.5 Å². The van der Waals surface area contributed by atoms with Crippen LogP contribution in [0.25, 0.3) is 22.0 Å². The van der Waals surface area contributed by atoms with Crippen LogP contribution in [0.5, 0.6) is 0 Å². The number of unbranched alkanes of at least 4 members (excludes halogenated alkanes) is 1. The van der Waals surface area contributed by atoms with Crippen LogP contribution in [-0.4, -0.2) is 53.5 Å². The van der Waals surface area contributed by atoms with Gasteiger partial charge in [0.2, 0.25) is 0 Å². The summed E-state index contributed by atoms with van der Waals surface area (Å²) < 4.78 is 17.1. The number of rotatable bonds is 6. The van der Waals surface area contributed by atoms with Crippen molar-refractivity contribution in [1.29, 1.82) is 0 Å². The van der Waals surface area contributed by atoms with Gasteiger partial charge < -0.3 is 10.0 Å². The van der Waals surface area contributed by atoms with Crippen LogP contribution in [0.2, 0.25) is 0 Å². The number of pyridine rings is 1. The summed E-state index contributed by atoms with van der Waals surface area (Å²) in [6.07, 6.45) is 6.66. The highest BCUT2D eigenvalue weighted by atomic mass is 19.1. The molecule has 0 saturated heterocycles. The third-order valence-electron chi connectivity index (χ3n) is 6.48. The maximum Gasteiger partial charge on any atom is 0.255 e. The predicted molar refractivity (Wildman–Crippen MR) is 140 cm³/mol. The molecule has 1 aliphatic heterocycles. The number of aliphatic hydroxyl groups is 1. The lowest BCUT2D eigenvalue weighted by molar-refractivity contribution is 0.0729. The van der Waals surface area contributed by atoms with Gasteiger partial charge in [-0.2, -0.15) is 5.10 Å². The minimum absolute atomic E-state index is 0.0629. The van der Waals surface area contributed by atoms with Crippen molar-refractivity contribution < 1.29 is 14.3 Å². The van der Waals surface area contributed by atoms with Crippen molar-refractivity contribution in [3.8, 4) is 11.1 Å². The van der Waals surface area contributed by atoms with Crippen molar-refractivity contribution in [2.75, 3.05) is 7.11 Å². The van der Waals surface area contributed by atoms with E-state index in [1.807, 2.05) is 25.4 Å². The second-order valence-corrected chi connectivity index (χ2v) is 8.86. The van der Waals surface area contributed by atoms with Crippen molar-refractivity contribution in [2.24, 2.45) is 7.05 Å². The topological polar surface area (TPSA) is 71.2 Å². The van der Waals surface area contributed by atoms with Crippen molar-refractivity contribution in [2.45, 2.75) is 38.1 Å². The Labute approximate surface area is 213 Å². The molecule has 9 heteroatoms. The second kappa shape index (κ2) is 10.3. The minimum atomic E-state index is -1.60. The molecule has 0 saturated carbocycles. The third-order valence-corrected chi connectivity index (χ3v) is 6.48. The van der Waals surface area contributed by atoms with E-state index in [0.29, 0.717) is 16.8 Å². The van der Waals surface area contributed by atoms with Gasteiger partial charge in [-0.25, -0.2) is 4.39 Å². The van der Waals surface area contributed by atoms with E-state index in [-0.39, 0.29) is 12.5 Å². The number of aromatic nitrogens is 3. The molecule has 0 spiro atoms. The molecule has 0 atom stereocenters. The Balaban J connectivity index is 0.00000148. The Bertz CT molecular complexity index is 1420. The first kappa shape index (κ1) is 25.6. The molecule has 180 valence electrons. The Hall–Kier alpha value is -3.45. The van der Waals surface area contributed by atoms with E-state index in [0.717, 1.165) is 48.4 Å². The van der Waals surface area contributed by atoms with Crippen LogP contribution in [0.1, 0.15) is 46.9 Å². The second-order valence-electron chi connectivity index (χ2n) is 8.86. The zero-order valence-electron chi connectivity index (χ0n) is 20.7. The van der Waals surface area contributed by atoms with Crippen LogP contribution in [0.3, 0.4) is 0 Å². The van der Waals surface area contributed by atoms with Gasteiger partial charge in [-0.1, -0.05) is 37.6 Å². The van der Waals surface area contributed by atoms with Gasteiger partial charge in [-0.05, 0) is 47.7 Å². The molecule has 2 aromatic carbocycles. The van der Waals surface area contributed by atoms with Gasteiger partial charge in [0.1, 0.15) is 5.82 Å². The molecule has 6 nitrogen and oxygen atoms in total. The maximum atomic E-state index is 15.3. The molecule has 0 aliphatic carbocycles. The van der Waals surface area contributed by atoms with Crippen molar-refractivity contribution in [1.82, 2.24) is 19.7 Å². The molecular formula is C27H27B2FN4O2. The van der Waals surface area contributed by atoms with Gasteiger partial charge in [0.15, 0.2) is 0 Å². The molecule has 0 bridgehead atoms. The standard InChI is InChI=1S/C26H23B2FN4O.CH4O/c1-3-4-6-16-10-11-19(21-15-32(2)31-23(16)21)17-8-9-18(22(29)13-17)14-33-25(34)20-7-5-12-30-24(20)26(33,27)28;1-2/h5,7-13,15H,3-4,6,14H2,1-2H3;2H,1H3. The molecule has 0 unspecified atom stereocenters. The van der Waals surface area contributed by atoms with Gasteiger partial charge in [-0.3, -0.25) is 14.5 Å². The van der Waals surface area contributed by atoms with Crippen LogP contribution in [0, 0.1) is 5.82 Å². The molecule has 4 radical (unpaired) electrons. The maximum absolute atomic E-state index is 15.3. The number of nitrogens with zero attached hydrogens (tertiary/aromatic N) is 4. The van der Waals surface area contributed by atoms with Crippen molar-refractivity contribution in [3.05, 3.63) is 83.1 Å². The number of halogens is 1. The minimum Gasteiger partial charge on any atom is -0.400 e. The quantitative estimate of drug-likeness (QED) is 0.426. The molecular weight excluding hydrogens is 453 g/mol. The zero-order chi connectivity index (χ0) is 26.0. The third kappa shape index (κ3) is 4.44. The first-order valence-electron chi connectivity index (χ1n) is 11.8. The van der Waals surface area contributed by atoms with Gasteiger partial charge in [0.25, 0.3) is 5.91 Å². The van der Waals surface area contributed by atoms with Crippen molar-refractivity contribution in [3.63, 3.8) is 0 Å². The molecule has 36 heavy (non-hydrogen) atoms. The largest absolute Gasteiger partial charge is 0.400 e. The number of amides is 1. The van der Waals surface area contributed by atoms with E-state index in [1.54, 1.807) is 22.9 Å². The van der Waals surface area contributed by atoms with Crippen LogP contribution in [0.4, 0.5) is 4.39 Å². The summed E-state index contributed by atoms with van der Waals surface area (Å²) in [6.45, 7) is 2.10. The first-order chi connectivity index (χ1) is 17.3. The van der Waals surface area contributed by atoms with E-state index < -0.39 is 11.2 Å². The SMILES string of the molecule is CO.[B]C1([B])c2ncccc2C(=O)N1Cc1ccc(-c2ccc(CCCC)c3nn(C)cc23)cc1F. The highest BCUT2D eigenvalue weighted by Gasteiger charge is 2.43. The Kier molecular flexibility index (Phi) is 7.31. The number of hydrogen-bond acceptors (Lipinski definition) is 4. The number of carbonyl (C=O) groups is 1. The van der Waals surface area contributed by atoms with E-state index >= 15 is 4.39 Å². The summed E-state index contributed by atoms with van der Waals surface area (Å²) in [6, 6.07) is 12.4. The summed E-state index contributed by atoms with van der Waals surface area (Å²) in [5.74, 6) is -0.798. The molecule has 1 aliphatic rings. The predicted octanol–water partition coefficient (Wildman–Crippen LogP) is 3.83. The van der Waals surface area contributed by atoms with Crippen LogP contribution in [-0.2, 0) is 25.4 Å². The van der Waals surface area contributed by atoms with Gasteiger partial charge in [0, 0.05) is 49.4 Å². The normalized spacial score (nSPS) is 14.0. The molecule has 3 heterocycles. The van der Waals surface area contributed by atoms with E-state index in [4.69, 9.17) is 20.8 Å². The van der Waals surface area contributed by atoms with Crippen LogP contribution < -0.4 is 0 Å². The summed E-state index contributed by atoms with van der Waals surface area (Å²) in [5.41, 5.74) is 4.75. The zero-order valence-corrected chi connectivity index (χ0v) is 20.7. The van der Waals surface area contributed by atoms with Crippen LogP contribution in [0.15, 0.2) is 54.9 Å². The van der Waals surface area contributed by atoms with E-state index in [2.05, 4.69) is 23.1 Å². The summed E-state index contributed by atoms with van der Waals surface area (Å²) in [5, 5.41) is 11.0. The summed E-state index contributed by atoms with van der Waals surface area (Å²) >= 11 is 0. The number of hydrogen-bond donors (Lipinski definition) is 1. The Morgan fingerprint density at radius 2 is 1.83 bits per heavy atom. The lowest BCUT2D eigenvalue weighted by Crippen LogP contribution is -2.44. The van der Waals surface area contributed by atoms with E-state index in [9.17, 15) is 4.79 Å². The van der Waals surface area contributed by atoms with E-state index in [1.165, 1.54) is 22.7 Å². The summed E-state index contributed by atoms with van der Waals surface area (Å²) in [4.78, 5) is 18.3. The number of carbonyl (C=O) groups excluding carboxylic acids is 1. The smallest absolute Gasteiger partial charge is 0.255 e. The number of aliphatic hydroxyl groups excluding tert-OH is 1. The fraction of sp³-hybridized carbons (Fsp3) is 0.296. The lowest BCUT2D eigenvalue weighted by atomic mass is 9.59. The monoisotopic (exact) mass is 480 g/mol. The molecule has 0 fully saturated rings.